The van der Waals surface area contributed by atoms with E-state index in [0.717, 1.165) is 18.7 Å². The highest BCUT2D eigenvalue weighted by molar-refractivity contribution is 7.09. The van der Waals surface area contributed by atoms with Gasteiger partial charge in [-0.15, -0.1) is 11.3 Å². The maximum Gasteiger partial charge on any atom is 0.234 e. The summed E-state index contributed by atoms with van der Waals surface area (Å²) in [7, 11) is 0. The van der Waals surface area contributed by atoms with Crippen LogP contribution in [0.25, 0.3) is 0 Å². The molecule has 0 saturated heterocycles. The predicted octanol–water partition coefficient (Wildman–Crippen LogP) is 1.50. The predicted molar refractivity (Wildman–Crippen MR) is 71.3 cm³/mol. The minimum atomic E-state index is -0.160. The van der Waals surface area contributed by atoms with Crippen molar-refractivity contribution in [1.82, 2.24) is 15.6 Å². The zero-order chi connectivity index (χ0) is 12.9. The van der Waals surface area contributed by atoms with Crippen molar-refractivity contribution in [3.05, 3.63) is 16.1 Å². The quantitative estimate of drug-likeness (QED) is 0.784. The Labute approximate surface area is 107 Å². The smallest absolute Gasteiger partial charge is 0.234 e. The minimum absolute atomic E-state index is 0.0403. The molecule has 0 saturated carbocycles. The molecule has 0 aliphatic rings. The number of carbonyl (C=O) groups is 1. The fourth-order valence-electron chi connectivity index (χ4n) is 1.43. The number of aryl methyl sites for hydroxylation is 1. The number of hydrogen-bond donors (Lipinski definition) is 2. The fraction of sp³-hybridized carbons (Fsp3) is 0.667. The molecule has 0 atom stereocenters. The molecule has 0 aliphatic heterocycles. The van der Waals surface area contributed by atoms with Gasteiger partial charge in [0.25, 0.3) is 0 Å². The summed E-state index contributed by atoms with van der Waals surface area (Å²) in [5, 5.41) is 6.05. The molecule has 2 N–H and O–H groups in total. The van der Waals surface area contributed by atoms with E-state index in [2.05, 4.69) is 15.6 Å². The summed E-state index contributed by atoms with van der Waals surface area (Å²) in [5.74, 6) is 0.0403. The van der Waals surface area contributed by atoms with Crippen molar-refractivity contribution in [3.8, 4) is 0 Å². The first kappa shape index (κ1) is 14.1. The molecule has 96 valence electrons. The lowest BCUT2D eigenvalue weighted by molar-refractivity contribution is -0.121. The third kappa shape index (κ3) is 5.79. The molecule has 1 heterocycles. The molecule has 0 fully saturated rings. The van der Waals surface area contributed by atoms with Gasteiger partial charge in [0, 0.05) is 17.0 Å². The molecule has 1 aromatic rings. The van der Waals surface area contributed by atoms with Gasteiger partial charge in [-0.2, -0.15) is 0 Å². The highest BCUT2D eigenvalue weighted by Crippen LogP contribution is 2.11. The van der Waals surface area contributed by atoms with Crippen molar-refractivity contribution in [1.29, 1.82) is 0 Å². The van der Waals surface area contributed by atoms with Gasteiger partial charge in [-0.3, -0.25) is 4.79 Å². The summed E-state index contributed by atoms with van der Waals surface area (Å²) in [6, 6.07) is 0. The van der Waals surface area contributed by atoms with Crippen molar-refractivity contribution in [3.63, 3.8) is 0 Å². The van der Waals surface area contributed by atoms with Gasteiger partial charge in [0.1, 0.15) is 0 Å². The minimum Gasteiger partial charge on any atom is -0.350 e. The van der Waals surface area contributed by atoms with E-state index in [9.17, 15) is 4.79 Å². The van der Waals surface area contributed by atoms with Gasteiger partial charge >= 0.3 is 0 Å². The van der Waals surface area contributed by atoms with Crippen LogP contribution < -0.4 is 10.6 Å². The topological polar surface area (TPSA) is 54.0 Å². The van der Waals surface area contributed by atoms with Crippen molar-refractivity contribution in [2.45, 2.75) is 39.7 Å². The Bertz CT molecular complexity index is 368. The molecular weight excluding hydrogens is 234 g/mol. The Kier molecular flexibility index (Phi) is 5.08. The SMILES string of the molecule is Cc1ncsc1CCNCC(=O)NC(C)(C)C. The van der Waals surface area contributed by atoms with Gasteiger partial charge in [-0.25, -0.2) is 4.98 Å². The standard InChI is InChI=1S/C12H21N3OS/c1-9-10(17-8-14-9)5-6-13-7-11(16)15-12(2,3)4/h8,13H,5-7H2,1-4H3,(H,15,16). The summed E-state index contributed by atoms with van der Waals surface area (Å²) < 4.78 is 0. The fourth-order valence-corrected chi connectivity index (χ4v) is 2.21. The van der Waals surface area contributed by atoms with E-state index in [0.29, 0.717) is 6.54 Å². The molecule has 1 amide bonds. The molecule has 0 aliphatic carbocycles. The van der Waals surface area contributed by atoms with Gasteiger partial charge in [0.2, 0.25) is 5.91 Å². The van der Waals surface area contributed by atoms with Crippen LogP contribution in [0.5, 0.6) is 0 Å². The van der Waals surface area contributed by atoms with Crippen LogP contribution in [0.2, 0.25) is 0 Å². The summed E-state index contributed by atoms with van der Waals surface area (Å²) in [6.07, 6.45) is 0.930. The van der Waals surface area contributed by atoms with Gasteiger partial charge in [0.15, 0.2) is 0 Å². The summed E-state index contributed by atoms with van der Waals surface area (Å²) in [5.41, 5.74) is 2.79. The second-order valence-corrected chi connectivity index (χ2v) is 6.03. The lowest BCUT2D eigenvalue weighted by Gasteiger charge is -2.20. The Morgan fingerprint density at radius 1 is 1.47 bits per heavy atom. The Balaban J connectivity index is 2.17. The number of aromatic nitrogens is 1. The van der Waals surface area contributed by atoms with E-state index in [1.807, 2.05) is 33.2 Å². The Morgan fingerprint density at radius 3 is 2.71 bits per heavy atom. The van der Waals surface area contributed by atoms with Gasteiger partial charge in [0.05, 0.1) is 17.7 Å². The number of rotatable bonds is 5. The Hall–Kier alpha value is -0.940. The van der Waals surface area contributed by atoms with E-state index in [1.54, 1.807) is 11.3 Å². The van der Waals surface area contributed by atoms with E-state index >= 15 is 0 Å². The molecule has 4 nitrogen and oxygen atoms in total. The van der Waals surface area contributed by atoms with Crippen molar-refractivity contribution in [2.75, 3.05) is 13.1 Å². The first-order valence-electron chi connectivity index (χ1n) is 5.79. The average molecular weight is 255 g/mol. The first-order valence-corrected chi connectivity index (χ1v) is 6.67. The number of amides is 1. The van der Waals surface area contributed by atoms with E-state index in [-0.39, 0.29) is 11.4 Å². The molecule has 0 bridgehead atoms. The van der Waals surface area contributed by atoms with Crippen molar-refractivity contribution in [2.24, 2.45) is 0 Å². The third-order valence-electron chi connectivity index (χ3n) is 2.17. The molecule has 0 unspecified atom stereocenters. The van der Waals surface area contributed by atoms with Crippen molar-refractivity contribution >= 4 is 17.2 Å². The number of nitrogens with one attached hydrogen (secondary N) is 2. The van der Waals surface area contributed by atoms with Gasteiger partial charge < -0.3 is 10.6 Å². The maximum atomic E-state index is 11.5. The number of carbonyl (C=O) groups excluding carboxylic acids is 1. The number of hydrogen-bond acceptors (Lipinski definition) is 4. The molecule has 1 aromatic heterocycles. The highest BCUT2D eigenvalue weighted by atomic mass is 32.1. The molecule has 0 spiro atoms. The number of nitrogens with zero attached hydrogens (tertiary/aromatic N) is 1. The largest absolute Gasteiger partial charge is 0.350 e. The zero-order valence-electron chi connectivity index (χ0n) is 11.0. The molecule has 0 aromatic carbocycles. The van der Waals surface area contributed by atoms with Crippen LogP contribution in [0.4, 0.5) is 0 Å². The van der Waals surface area contributed by atoms with Crippen LogP contribution in [0.15, 0.2) is 5.51 Å². The second-order valence-electron chi connectivity index (χ2n) is 5.09. The van der Waals surface area contributed by atoms with Gasteiger partial charge in [-0.1, -0.05) is 0 Å². The summed E-state index contributed by atoms with van der Waals surface area (Å²) >= 11 is 1.67. The average Bonchev–Trinajstić information content (AvgIpc) is 2.56. The summed E-state index contributed by atoms with van der Waals surface area (Å²) in [6.45, 7) is 9.12. The maximum absolute atomic E-state index is 11.5. The van der Waals surface area contributed by atoms with E-state index in [4.69, 9.17) is 0 Å². The summed E-state index contributed by atoms with van der Waals surface area (Å²) in [4.78, 5) is 17.0. The lowest BCUT2D eigenvalue weighted by atomic mass is 10.1. The van der Waals surface area contributed by atoms with Gasteiger partial charge in [-0.05, 0) is 34.1 Å². The monoisotopic (exact) mass is 255 g/mol. The second kappa shape index (κ2) is 6.12. The van der Waals surface area contributed by atoms with Crippen LogP contribution in [0.3, 0.4) is 0 Å². The molecule has 0 radical (unpaired) electrons. The normalized spacial score (nSPS) is 11.5. The van der Waals surface area contributed by atoms with Crippen LogP contribution in [0.1, 0.15) is 31.3 Å². The van der Waals surface area contributed by atoms with Crippen LogP contribution in [-0.4, -0.2) is 29.5 Å². The lowest BCUT2D eigenvalue weighted by Crippen LogP contribution is -2.45. The van der Waals surface area contributed by atoms with Crippen LogP contribution in [0, 0.1) is 6.92 Å². The Morgan fingerprint density at radius 2 is 2.18 bits per heavy atom. The molecule has 1 rings (SSSR count). The molecule has 5 heteroatoms. The van der Waals surface area contributed by atoms with E-state index in [1.165, 1.54) is 4.88 Å². The van der Waals surface area contributed by atoms with E-state index < -0.39 is 0 Å². The highest BCUT2D eigenvalue weighted by Gasteiger charge is 2.12. The van der Waals surface area contributed by atoms with Crippen molar-refractivity contribution < 1.29 is 4.79 Å². The molecular formula is C12H21N3OS. The number of thiazole rings is 1. The van der Waals surface area contributed by atoms with Crippen LogP contribution in [-0.2, 0) is 11.2 Å². The zero-order valence-corrected chi connectivity index (χ0v) is 11.8. The first-order chi connectivity index (χ1) is 7.88. The third-order valence-corrected chi connectivity index (χ3v) is 3.17. The van der Waals surface area contributed by atoms with Crippen LogP contribution >= 0.6 is 11.3 Å². The molecule has 17 heavy (non-hydrogen) atoms.